The van der Waals surface area contributed by atoms with Gasteiger partial charge in [0.1, 0.15) is 0 Å². The Hall–Kier alpha value is -0.620. The number of hydrogen-bond donors (Lipinski definition) is 2. The zero-order valence-corrected chi connectivity index (χ0v) is 12.5. The molecule has 0 unspecified atom stereocenters. The van der Waals surface area contributed by atoms with E-state index in [9.17, 15) is 8.42 Å². The zero-order chi connectivity index (χ0) is 14.1. The summed E-state index contributed by atoms with van der Waals surface area (Å²) in [5, 5.41) is 0.494. The van der Waals surface area contributed by atoms with E-state index in [1.165, 1.54) is 12.1 Å². The van der Waals surface area contributed by atoms with Crippen molar-refractivity contribution >= 4 is 21.6 Å². The molecule has 3 N–H and O–H groups in total. The van der Waals surface area contributed by atoms with Crippen LogP contribution in [0.2, 0.25) is 5.02 Å². The maximum absolute atomic E-state index is 12.2. The van der Waals surface area contributed by atoms with Gasteiger partial charge in [-0.1, -0.05) is 18.5 Å². The van der Waals surface area contributed by atoms with Crippen LogP contribution in [0.4, 0.5) is 0 Å². The summed E-state index contributed by atoms with van der Waals surface area (Å²) < 4.78 is 27.1. The molecule has 1 aliphatic rings. The number of hydrogen-bond acceptors (Lipinski definition) is 3. The minimum absolute atomic E-state index is 0.177. The Balaban J connectivity index is 2.15. The number of rotatable bonds is 6. The van der Waals surface area contributed by atoms with E-state index in [0.29, 0.717) is 17.1 Å². The predicted molar refractivity (Wildman–Crippen MR) is 76.5 cm³/mol. The molecule has 6 heteroatoms. The molecule has 1 saturated carbocycles. The molecular weight excluding hydrogens is 284 g/mol. The summed E-state index contributed by atoms with van der Waals surface area (Å²) in [7, 11) is -3.48. The fourth-order valence-electron chi connectivity index (χ4n) is 2.04. The molecule has 2 rings (SSSR count). The predicted octanol–water partition coefficient (Wildman–Crippen LogP) is 2.27. The van der Waals surface area contributed by atoms with Gasteiger partial charge in [-0.3, -0.25) is 0 Å². The van der Waals surface area contributed by atoms with Crippen LogP contribution in [0.3, 0.4) is 0 Å². The quantitative estimate of drug-likeness (QED) is 0.846. The lowest BCUT2D eigenvalue weighted by Crippen LogP contribution is -2.30. The van der Waals surface area contributed by atoms with Crippen molar-refractivity contribution in [2.24, 2.45) is 11.1 Å². The van der Waals surface area contributed by atoms with Gasteiger partial charge in [-0.15, -0.1) is 0 Å². The lowest BCUT2D eigenvalue weighted by molar-refractivity contribution is 0.475. The van der Waals surface area contributed by atoms with Gasteiger partial charge in [-0.2, -0.15) is 0 Å². The van der Waals surface area contributed by atoms with Crippen LogP contribution in [-0.4, -0.2) is 15.0 Å². The second-order valence-corrected chi connectivity index (χ2v) is 7.31. The van der Waals surface area contributed by atoms with E-state index in [1.807, 2.05) is 0 Å². The molecule has 0 atom stereocenters. The van der Waals surface area contributed by atoms with Gasteiger partial charge in [0.2, 0.25) is 10.0 Å². The monoisotopic (exact) mass is 302 g/mol. The number of sulfonamides is 1. The highest BCUT2D eigenvalue weighted by Crippen LogP contribution is 2.48. The molecule has 0 saturated heterocycles. The summed E-state index contributed by atoms with van der Waals surface area (Å²) >= 11 is 5.93. The summed E-state index contributed by atoms with van der Waals surface area (Å²) in [5.41, 5.74) is 6.35. The molecule has 0 aliphatic heterocycles. The van der Waals surface area contributed by atoms with E-state index in [4.69, 9.17) is 17.3 Å². The van der Waals surface area contributed by atoms with Crippen LogP contribution in [0, 0.1) is 5.41 Å². The van der Waals surface area contributed by atoms with E-state index in [1.54, 1.807) is 6.07 Å². The van der Waals surface area contributed by atoms with Crippen molar-refractivity contribution in [3.8, 4) is 0 Å². The van der Waals surface area contributed by atoms with Crippen molar-refractivity contribution in [1.29, 1.82) is 0 Å². The van der Waals surface area contributed by atoms with Crippen LogP contribution < -0.4 is 10.5 Å². The van der Waals surface area contributed by atoms with E-state index in [-0.39, 0.29) is 16.9 Å². The molecule has 1 fully saturated rings. The highest BCUT2D eigenvalue weighted by molar-refractivity contribution is 7.89. The molecule has 19 heavy (non-hydrogen) atoms. The van der Waals surface area contributed by atoms with Gasteiger partial charge in [0, 0.05) is 18.1 Å². The lowest BCUT2D eigenvalue weighted by atomic mass is 10.1. The standard InChI is InChI=1S/C13H19ClN2O2S/c1-2-13(5-6-13)9-16-19(17,18)11-3-4-12(14)10(7-11)8-15/h3-4,7,16H,2,5-6,8-9,15H2,1H3. The molecule has 1 aromatic rings. The molecule has 1 aliphatic carbocycles. The Bertz CT molecular complexity index is 568. The summed E-state index contributed by atoms with van der Waals surface area (Å²) in [6, 6.07) is 4.62. The number of nitrogens with one attached hydrogen (secondary N) is 1. The van der Waals surface area contributed by atoms with Gasteiger partial charge in [0.15, 0.2) is 0 Å². The Morgan fingerprint density at radius 2 is 2.11 bits per heavy atom. The summed E-state index contributed by atoms with van der Waals surface area (Å²) in [4.78, 5) is 0.226. The first-order valence-electron chi connectivity index (χ1n) is 6.41. The van der Waals surface area contributed by atoms with Crippen LogP contribution >= 0.6 is 11.6 Å². The Morgan fingerprint density at radius 3 is 2.63 bits per heavy atom. The van der Waals surface area contributed by atoms with E-state index >= 15 is 0 Å². The van der Waals surface area contributed by atoms with Gasteiger partial charge in [0.05, 0.1) is 4.90 Å². The second kappa shape index (κ2) is 5.40. The highest BCUT2D eigenvalue weighted by Gasteiger charge is 2.41. The van der Waals surface area contributed by atoms with Gasteiger partial charge >= 0.3 is 0 Å². The minimum Gasteiger partial charge on any atom is -0.326 e. The van der Waals surface area contributed by atoms with E-state index < -0.39 is 10.0 Å². The van der Waals surface area contributed by atoms with Gasteiger partial charge in [-0.25, -0.2) is 13.1 Å². The normalized spacial score (nSPS) is 17.4. The first-order chi connectivity index (χ1) is 8.92. The van der Waals surface area contributed by atoms with Crippen molar-refractivity contribution in [3.63, 3.8) is 0 Å². The first-order valence-corrected chi connectivity index (χ1v) is 8.27. The van der Waals surface area contributed by atoms with Crippen molar-refractivity contribution in [2.75, 3.05) is 6.54 Å². The summed E-state index contributed by atoms with van der Waals surface area (Å²) in [5.74, 6) is 0. The number of nitrogens with two attached hydrogens (primary N) is 1. The van der Waals surface area contributed by atoms with Crippen molar-refractivity contribution in [3.05, 3.63) is 28.8 Å². The van der Waals surface area contributed by atoms with Gasteiger partial charge < -0.3 is 5.73 Å². The molecular formula is C13H19ClN2O2S. The summed E-state index contributed by atoms with van der Waals surface area (Å²) in [6.07, 6.45) is 3.20. The van der Waals surface area contributed by atoms with Crippen molar-refractivity contribution in [2.45, 2.75) is 37.6 Å². The SMILES string of the molecule is CCC1(CNS(=O)(=O)c2ccc(Cl)c(CN)c2)CC1. The van der Waals surface area contributed by atoms with Crippen LogP contribution in [0.25, 0.3) is 0 Å². The van der Waals surface area contributed by atoms with Crippen LogP contribution in [0.5, 0.6) is 0 Å². The maximum atomic E-state index is 12.2. The molecule has 0 spiro atoms. The van der Waals surface area contributed by atoms with Crippen molar-refractivity contribution < 1.29 is 8.42 Å². The van der Waals surface area contributed by atoms with Crippen LogP contribution in [-0.2, 0) is 16.6 Å². The van der Waals surface area contributed by atoms with E-state index in [2.05, 4.69) is 11.6 Å². The Labute approximate surface area is 119 Å². The number of halogens is 1. The molecule has 1 aromatic carbocycles. The van der Waals surface area contributed by atoms with Crippen LogP contribution in [0.15, 0.2) is 23.1 Å². The average molecular weight is 303 g/mol. The topological polar surface area (TPSA) is 72.2 Å². The third kappa shape index (κ3) is 3.28. The molecule has 0 bridgehead atoms. The molecule has 0 aromatic heterocycles. The zero-order valence-electron chi connectivity index (χ0n) is 10.9. The first kappa shape index (κ1) is 14.8. The minimum atomic E-state index is -3.48. The van der Waals surface area contributed by atoms with Crippen LogP contribution in [0.1, 0.15) is 31.7 Å². The highest BCUT2D eigenvalue weighted by atomic mass is 35.5. The molecule has 0 amide bonds. The molecule has 106 valence electrons. The third-order valence-corrected chi connectivity index (χ3v) is 5.66. The molecule has 0 radical (unpaired) electrons. The second-order valence-electron chi connectivity index (χ2n) is 5.14. The third-order valence-electron chi connectivity index (χ3n) is 3.89. The Morgan fingerprint density at radius 1 is 1.42 bits per heavy atom. The average Bonchev–Trinajstić information content (AvgIpc) is 3.17. The fraction of sp³-hybridized carbons (Fsp3) is 0.538. The fourth-order valence-corrected chi connectivity index (χ4v) is 3.44. The van der Waals surface area contributed by atoms with Crippen molar-refractivity contribution in [1.82, 2.24) is 4.72 Å². The molecule has 0 heterocycles. The largest absolute Gasteiger partial charge is 0.326 e. The van der Waals surface area contributed by atoms with Gasteiger partial charge in [-0.05, 0) is 48.4 Å². The maximum Gasteiger partial charge on any atom is 0.240 e. The summed E-state index contributed by atoms with van der Waals surface area (Å²) in [6.45, 7) is 2.82. The van der Waals surface area contributed by atoms with Gasteiger partial charge in [0.25, 0.3) is 0 Å². The van der Waals surface area contributed by atoms with E-state index in [0.717, 1.165) is 19.3 Å². The molecule has 4 nitrogen and oxygen atoms in total. The Kier molecular flexibility index (Phi) is 4.20. The smallest absolute Gasteiger partial charge is 0.240 e. The lowest BCUT2D eigenvalue weighted by Gasteiger charge is -2.14. The number of benzene rings is 1.